The van der Waals surface area contributed by atoms with Crippen molar-refractivity contribution in [3.63, 3.8) is 0 Å². The molecule has 1 rings (SSSR count). The first-order chi connectivity index (χ1) is 12.9. The molecular weight excluding hydrogens is 360 g/mol. The molecule has 8 nitrogen and oxygen atoms in total. The molecule has 0 fully saturated rings. The van der Waals surface area contributed by atoms with Crippen LogP contribution >= 0.6 is 0 Å². The van der Waals surface area contributed by atoms with E-state index >= 15 is 0 Å². The third-order valence-electron chi connectivity index (χ3n) is 4.17. The minimum absolute atomic E-state index is 0.0422. The quantitative estimate of drug-likeness (QED) is 0.374. The summed E-state index contributed by atoms with van der Waals surface area (Å²) >= 11 is 0. The maximum absolute atomic E-state index is 12.3. The second-order valence-electron chi connectivity index (χ2n) is 7.68. The van der Waals surface area contributed by atoms with E-state index in [4.69, 9.17) is 5.73 Å². The molecule has 28 heavy (non-hydrogen) atoms. The molecule has 0 atom stereocenters. The highest BCUT2D eigenvalue weighted by molar-refractivity contribution is 6.34. The number of amides is 3. The third kappa shape index (κ3) is 7.69. The largest absolute Gasteiger partial charge is 0.361 e. The second-order valence-corrected chi connectivity index (χ2v) is 7.68. The number of anilines is 1. The zero-order valence-corrected chi connectivity index (χ0v) is 17.0. The van der Waals surface area contributed by atoms with Crippen LogP contribution in [0.1, 0.15) is 51.2 Å². The van der Waals surface area contributed by atoms with Gasteiger partial charge in [0.1, 0.15) is 5.78 Å². The maximum Gasteiger partial charge on any atom is 0.329 e. The number of primary amides is 1. The molecule has 0 aliphatic heterocycles. The highest BCUT2D eigenvalue weighted by Gasteiger charge is 2.23. The summed E-state index contributed by atoms with van der Waals surface area (Å²) in [5.74, 6) is -2.62. The van der Waals surface area contributed by atoms with E-state index in [2.05, 4.69) is 10.4 Å². The van der Waals surface area contributed by atoms with Crippen LogP contribution in [0.2, 0.25) is 0 Å². The van der Waals surface area contributed by atoms with E-state index in [1.54, 1.807) is 20.8 Å². The number of Topliss-reactive ketones (excluding diaryl/α,β-unsaturated/α-hetero) is 1. The number of hydrogen-bond acceptors (Lipinski definition) is 5. The molecule has 3 amide bonds. The molecule has 0 aliphatic carbocycles. The minimum atomic E-state index is -1.18. The van der Waals surface area contributed by atoms with Gasteiger partial charge in [0.2, 0.25) is 5.91 Å². The van der Waals surface area contributed by atoms with Crippen LogP contribution in [0.15, 0.2) is 23.3 Å². The summed E-state index contributed by atoms with van der Waals surface area (Å²) in [6, 6.07) is 5.60. The number of aryl methyl sites for hydroxylation is 2. The van der Waals surface area contributed by atoms with E-state index in [-0.39, 0.29) is 31.0 Å². The highest BCUT2D eigenvalue weighted by atomic mass is 16.2. The number of ketones is 1. The number of benzene rings is 1. The van der Waals surface area contributed by atoms with Crippen molar-refractivity contribution >= 4 is 34.9 Å². The van der Waals surface area contributed by atoms with E-state index in [0.29, 0.717) is 11.4 Å². The van der Waals surface area contributed by atoms with Gasteiger partial charge in [-0.3, -0.25) is 19.2 Å². The fourth-order valence-electron chi connectivity index (χ4n) is 2.12. The van der Waals surface area contributed by atoms with Gasteiger partial charge < -0.3 is 11.1 Å². The van der Waals surface area contributed by atoms with Crippen LogP contribution < -0.4 is 16.5 Å². The highest BCUT2D eigenvalue weighted by Crippen LogP contribution is 2.18. The summed E-state index contributed by atoms with van der Waals surface area (Å²) in [7, 11) is 0. The molecule has 8 heteroatoms. The van der Waals surface area contributed by atoms with E-state index in [0.717, 1.165) is 11.1 Å². The summed E-state index contributed by atoms with van der Waals surface area (Å²) in [6.07, 6.45) is 0.173. The number of hydrogen-bond donors (Lipinski definition) is 3. The molecule has 0 heterocycles. The first-order valence-electron chi connectivity index (χ1n) is 8.95. The number of rotatable bonds is 7. The van der Waals surface area contributed by atoms with Gasteiger partial charge in [0.05, 0.1) is 0 Å². The van der Waals surface area contributed by atoms with Gasteiger partial charge in [-0.15, -0.1) is 0 Å². The van der Waals surface area contributed by atoms with Gasteiger partial charge in [-0.25, -0.2) is 5.43 Å². The number of carbonyl (C=O) groups is 4. The van der Waals surface area contributed by atoms with Gasteiger partial charge in [0.15, 0.2) is 0 Å². The average molecular weight is 388 g/mol. The van der Waals surface area contributed by atoms with Crippen molar-refractivity contribution in [1.29, 1.82) is 0 Å². The summed E-state index contributed by atoms with van der Waals surface area (Å²) in [5.41, 5.74) is 9.45. The smallest absolute Gasteiger partial charge is 0.329 e. The number of nitrogens with one attached hydrogen (secondary N) is 2. The standard InChI is InChI=1S/C20H28N4O4/c1-12-6-7-14(10-13(12)2)22-17(26)9-8-15(11-16(25)20(3,4)5)23-24-19(28)18(21)27/h6-7,10H,8-9,11H2,1-5H3,(H2,21,27)(H,22,26)(H,24,28). The van der Waals surface area contributed by atoms with Gasteiger partial charge in [0, 0.05) is 29.7 Å². The molecule has 0 bridgehead atoms. The lowest BCUT2D eigenvalue weighted by atomic mass is 9.87. The third-order valence-corrected chi connectivity index (χ3v) is 4.17. The Balaban J connectivity index is 2.78. The minimum Gasteiger partial charge on any atom is -0.361 e. The van der Waals surface area contributed by atoms with Crippen molar-refractivity contribution in [3.8, 4) is 0 Å². The van der Waals surface area contributed by atoms with Crippen molar-refractivity contribution < 1.29 is 19.2 Å². The number of hydrazone groups is 1. The predicted molar refractivity (Wildman–Crippen MR) is 108 cm³/mol. The lowest BCUT2D eigenvalue weighted by molar-refractivity contribution is -0.137. The van der Waals surface area contributed by atoms with Gasteiger partial charge >= 0.3 is 11.8 Å². The molecule has 0 aromatic heterocycles. The van der Waals surface area contributed by atoms with Crippen molar-refractivity contribution in [1.82, 2.24) is 5.43 Å². The Bertz CT molecular complexity index is 807. The number of carbonyl (C=O) groups excluding carboxylic acids is 4. The lowest BCUT2D eigenvalue weighted by Gasteiger charge is -2.17. The van der Waals surface area contributed by atoms with Crippen LogP contribution in [0.25, 0.3) is 0 Å². The SMILES string of the molecule is Cc1ccc(NC(=O)CCC(CC(=O)C(C)(C)C)=NNC(=O)C(N)=O)cc1C. The summed E-state index contributed by atoms with van der Waals surface area (Å²) in [5, 5.41) is 6.61. The molecule has 0 aliphatic rings. The molecule has 0 spiro atoms. The summed E-state index contributed by atoms with van der Waals surface area (Å²) < 4.78 is 0. The molecule has 4 N–H and O–H groups in total. The van der Waals surface area contributed by atoms with Crippen LogP contribution in [-0.2, 0) is 19.2 Å². The average Bonchev–Trinajstić information content (AvgIpc) is 2.59. The van der Waals surface area contributed by atoms with Gasteiger partial charge in [-0.2, -0.15) is 5.10 Å². The van der Waals surface area contributed by atoms with E-state index in [9.17, 15) is 19.2 Å². The Labute approximate surface area is 164 Å². The number of nitrogens with zero attached hydrogens (tertiary/aromatic N) is 1. The van der Waals surface area contributed by atoms with E-state index in [1.807, 2.05) is 37.5 Å². The molecule has 152 valence electrons. The van der Waals surface area contributed by atoms with Crippen molar-refractivity contribution in [2.24, 2.45) is 16.3 Å². The fraction of sp³-hybridized carbons (Fsp3) is 0.450. The molecule has 0 unspecified atom stereocenters. The Kier molecular flexibility index (Phi) is 8.03. The van der Waals surface area contributed by atoms with Gasteiger partial charge in [-0.05, 0) is 43.5 Å². The number of nitrogens with two attached hydrogens (primary N) is 1. The first-order valence-corrected chi connectivity index (χ1v) is 8.95. The molecule has 0 radical (unpaired) electrons. The molecule has 0 saturated heterocycles. The van der Waals surface area contributed by atoms with Crippen molar-refractivity contribution in [2.75, 3.05) is 5.32 Å². The predicted octanol–water partition coefficient (Wildman–Crippen LogP) is 1.98. The van der Waals surface area contributed by atoms with Crippen LogP contribution in [0.5, 0.6) is 0 Å². The molecule has 1 aromatic rings. The summed E-state index contributed by atoms with van der Waals surface area (Å²) in [6.45, 7) is 9.23. The normalized spacial score (nSPS) is 11.7. The van der Waals surface area contributed by atoms with Crippen LogP contribution in [-0.4, -0.2) is 29.2 Å². The van der Waals surface area contributed by atoms with Crippen LogP contribution in [0, 0.1) is 19.3 Å². The second kappa shape index (κ2) is 9.77. The lowest BCUT2D eigenvalue weighted by Crippen LogP contribution is -2.34. The molecule has 0 saturated carbocycles. The van der Waals surface area contributed by atoms with Gasteiger partial charge in [0.25, 0.3) is 0 Å². The van der Waals surface area contributed by atoms with Gasteiger partial charge in [-0.1, -0.05) is 26.8 Å². The fourth-order valence-corrected chi connectivity index (χ4v) is 2.12. The topological polar surface area (TPSA) is 131 Å². The van der Waals surface area contributed by atoms with Crippen molar-refractivity contribution in [3.05, 3.63) is 29.3 Å². The van der Waals surface area contributed by atoms with Crippen LogP contribution in [0.3, 0.4) is 0 Å². The maximum atomic E-state index is 12.3. The van der Waals surface area contributed by atoms with E-state index < -0.39 is 17.2 Å². The van der Waals surface area contributed by atoms with Crippen LogP contribution in [0.4, 0.5) is 5.69 Å². The zero-order chi connectivity index (χ0) is 21.5. The molecular formula is C20H28N4O4. The van der Waals surface area contributed by atoms with Crippen molar-refractivity contribution in [2.45, 2.75) is 53.9 Å². The Hall–Kier alpha value is -3.03. The Morgan fingerprint density at radius 3 is 2.21 bits per heavy atom. The zero-order valence-electron chi connectivity index (χ0n) is 17.0. The Morgan fingerprint density at radius 1 is 1.04 bits per heavy atom. The molecule has 1 aromatic carbocycles. The van der Waals surface area contributed by atoms with E-state index in [1.165, 1.54) is 0 Å². The first kappa shape index (κ1) is 23.0. The summed E-state index contributed by atoms with van der Waals surface area (Å²) in [4.78, 5) is 46.6. The Morgan fingerprint density at radius 2 is 1.68 bits per heavy atom. The monoisotopic (exact) mass is 388 g/mol.